The lowest BCUT2D eigenvalue weighted by Crippen LogP contribution is -2.11. The topological polar surface area (TPSA) is 58.6 Å². The zero-order chi connectivity index (χ0) is 13.1. The number of rotatable bonds is 2. The van der Waals surface area contributed by atoms with Gasteiger partial charge in [-0.05, 0) is 17.7 Å². The summed E-state index contributed by atoms with van der Waals surface area (Å²) < 4.78 is 0. The lowest BCUT2D eigenvalue weighted by Gasteiger charge is -2.03. The summed E-state index contributed by atoms with van der Waals surface area (Å²) in [7, 11) is 0. The van der Waals surface area contributed by atoms with Crippen molar-refractivity contribution >= 4 is 0 Å². The lowest BCUT2D eigenvalue weighted by molar-refractivity contribution is 1.12. The van der Waals surface area contributed by atoms with Gasteiger partial charge in [0.05, 0.1) is 5.56 Å². The fraction of sp³-hybridized carbons (Fsp3) is 0. The van der Waals surface area contributed by atoms with Crippen LogP contribution in [0.1, 0.15) is 0 Å². The largest absolute Gasteiger partial charge is 0.306 e. The van der Waals surface area contributed by atoms with Gasteiger partial charge in [0.25, 0.3) is 5.56 Å². The molecule has 0 saturated carbocycles. The number of hydrogen-bond donors (Lipinski definition) is 1. The van der Waals surface area contributed by atoms with Crippen LogP contribution in [0.2, 0.25) is 0 Å². The molecule has 0 spiro atoms. The molecule has 2 heterocycles. The van der Waals surface area contributed by atoms with Crippen molar-refractivity contribution in [1.82, 2.24) is 15.0 Å². The van der Waals surface area contributed by atoms with Crippen molar-refractivity contribution in [2.75, 3.05) is 0 Å². The zero-order valence-electron chi connectivity index (χ0n) is 10.1. The van der Waals surface area contributed by atoms with Gasteiger partial charge in [-0.15, -0.1) is 0 Å². The van der Waals surface area contributed by atoms with Crippen LogP contribution in [0, 0.1) is 0 Å². The Morgan fingerprint density at radius 2 is 1.68 bits per heavy atom. The highest BCUT2D eigenvalue weighted by molar-refractivity contribution is 5.63. The monoisotopic (exact) mass is 249 g/mol. The van der Waals surface area contributed by atoms with Crippen molar-refractivity contribution in [3.8, 4) is 22.5 Å². The first-order chi connectivity index (χ1) is 9.34. The predicted molar refractivity (Wildman–Crippen MR) is 73.5 cm³/mol. The Morgan fingerprint density at radius 3 is 2.37 bits per heavy atom. The molecule has 0 amide bonds. The van der Waals surface area contributed by atoms with Crippen molar-refractivity contribution in [3.05, 3.63) is 71.4 Å². The Morgan fingerprint density at radius 1 is 0.895 bits per heavy atom. The number of pyridine rings is 1. The normalized spacial score (nSPS) is 10.3. The molecule has 0 fully saturated rings. The van der Waals surface area contributed by atoms with Crippen molar-refractivity contribution in [3.63, 3.8) is 0 Å². The molecule has 2 aromatic heterocycles. The van der Waals surface area contributed by atoms with Crippen LogP contribution in [-0.2, 0) is 0 Å². The number of H-pyrrole nitrogens is 1. The van der Waals surface area contributed by atoms with E-state index in [0.717, 1.165) is 11.1 Å². The third kappa shape index (κ3) is 2.28. The molecule has 0 aliphatic carbocycles. The average molecular weight is 249 g/mol. The molecule has 0 bridgehead atoms. The predicted octanol–water partition coefficient (Wildman–Crippen LogP) is 2.50. The molecule has 0 unspecified atom stereocenters. The Hall–Kier alpha value is -2.75. The van der Waals surface area contributed by atoms with Gasteiger partial charge in [0.2, 0.25) is 0 Å². The van der Waals surface area contributed by atoms with E-state index in [-0.39, 0.29) is 5.56 Å². The molecule has 0 radical (unpaired) electrons. The van der Waals surface area contributed by atoms with E-state index < -0.39 is 0 Å². The highest BCUT2D eigenvalue weighted by Gasteiger charge is 2.06. The first-order valence-electron chi connectivity index (χ1n) is 5.90. The van der Waals surface area contributed by atoms with E-state index in [1.54, 1.807) is 24.7 Å². The highest BCUT2D eigenvalue weighted by atomic mass is 16.1. The Balaban J connectivity index is 2.07. The summed E-state index contributed by atoms with van der Waals surface area (Å²) in [4.78, 5) is 23.2. The second-order valence-corrected chi connectivity index (χ2v) is 4.08. The van der Waals surface area contributed by atoms with Crippen molar-refractivity contribution < 1.29 is 0 Å². The fourth-order valence-electron chi connectivity index (χ4n) is 1.87. The molecule has 0 saturated heterocycles. The van der Waals surface area contributed by atoms with Crippen molar-refractivity contribution in [1.29, 1.82) is 0 Å². The minimum absolute atomic E-state index is 0.153. The minimum Gasteiger partial charge on any atom is -0.306 e. The van der Waals surface area contributed by atoms with Crippen LogP contribution in [0.4, 0.5) is 0 Å². The third-order valence-electron chi connectivity index (χ3n) is 2.82. The summed E-state index contributed by atoms with van der Waals surface area (Å²) in [5, 5.41) is 0. The van der Waals surface area contributed by atoms with Crippen LogP contribution in [0.15, 0.2) is 65.8 Å². The van der Waals surface area contributed by atoms with Gasteiger partial charge in [0.15, 0.2) is 0 Å². The molecule has 3 rings (SSSR count). The molecule has 1 aromatic carbocycles. The van der Waals surface area contributed by atoms with Crippen LogP contribution in [0.25, 0.3) is 22.5 Å². The van der Waals surface area contributed by atoms with Crippen molar-refractivity contribution in [2.24, 2.45) is 0 Å². The van der Waals surface area contributed by atoms with Gasteiger partial charge in [-0.2, -0.15) is 0 Å². The van der Waals surface area contributed by atoms with Gasteiger partial charge in [-0.3, -0.25) is 9.78 Å². The second-order valence-electron chi connectivity index (χ2n) is 4.08. The summed E-state index contributed by atoms with van der Waals surface area (Å²) in [6, 6.07) is 13.1. The van der Waals surface area contributed by atoms with E-state index >= 15 is 0 Å². The lowest BCUT2D eigenvalue weighted by atomic mass is 10.1. The SMILES string of the molecule is O=c1[nH]c(-c2cccnc2)ncc1-c1ccccc1. The first kappa shape index (κ1) is 11.3. The van der Waals surface area contributed by atoms with Gasteiger partial charge in [-0.1, -0.05) is 30.3 Å². The number of nitrogens with zero attached hydrogens (tertiary/aromatic N) is 2. The van der Waals surface area contributed by atoms with Gasteiger partial charge >= 0.3 is 0 Å². The second kappa shape index (κ2) is 4.86. The molecule has 19 heavy (non-hydrogen) atoms. The van der Waals surface area contributed by atoms with Crippen molar-refractivity contribution in [2.45, 2.75) is 0 Å². The quantitative estimate of drug-likeness (QED) is 0.759. The first-order valence-corrected chi connectivity index (χ1v) is 5.90. The molecule has 0 aliphatic heterocycles. The standard InChI is InChI=1S/C15H11N3O/c19-15-13(11-5-2-1-3-6-11)10-17-14(18-15)12-7-4-8-16-9-12/h1-10H,(H,17,18,19). The average Bonchev–Trinajstić information content (AvgIpc) is 2.49. The molecular formula is C15H11N3O. The summed E-state index contributed by atoms with van der Waals surface area (Å²) in [5.41, 5.74) is 2.06. The van der Waals surface area contributed by atoms with Gasteiger partial charge < -0.3 is 4.98 Å². The van der Waals surface area contributed by atoms with Crippen LogP contribution in [-0.4, -0.2) is 15.0 Å². The fourth-order valence-corrected chi connectivity index (χ4v) is 1.87. The minimum atomic E-state index is -0.153. The number of hydrogen-bond acceptors (Lipinski definition) is 3. The summed E-state index contributed by atoms with van der Waals surface area (Å²) in [6.07, 6.45) is 4.94. The molecule has 4 nitrogen and oxygen atoms in total. The van der Waals surface area contributed by atoms with Crippen LogP contribution < -0.4 is 5.56 Å². The van der Waals surface area contributed by atoms with Crippen LogP contribution in [0.3, 0.4) is 0 Å². The molecular weight excluding hydrogens is 238 g/mol. The summed E-state index contributed by atoms with van der Waals surface area (Å²) in [5.74, 6) is 0.526. The smallest absolute Gasteiger partial charge is 0.259 e. The van der Waals surface area contributed by atoms with E-state index in [2.05, 4.69) is 15.0 Å². The van der Waals surface area contributed by atoms with E-state index in [1.165, 1.54) is 0 Å². The maximum Gasteiger partial charge on any atom is 0.259 e. The van der Waals surface area contributed by atoms with Gasteiger partial charge in [0.1, 0.15) is 5.82 Å². The highest BCUT2D eigenvalue weighted by Crippen LogP contribution is 2.16. The van der Waals surface area contributed by atoms with Crippen LogP contribution in [0.5, 0.6) is 0 Å². The Kier molecular flexibility index (Phi) is 2.90. The summed E-state index contributed by atoms with van der Waals surface area (Å²) >= 11 is 0. The van der Waals surface area contributed by atoms with E-state index in [9.17, 15) is 4.79 Å². The Bertz CT molecular complexity index is 736. The molecule has 1 N–H and O–H groups in total. The zero-order valence-corrected chi connectivity index (χ0v) is 10.1. The molecule has 0 atom stereocenters. The molecule has 3 aromatic rings. The van der Waals surface area contributed by atoms with E-state index in [1.807, 2.05) is 36.4 Å². The number of benzene rings is 1. The number of aromatic amines is 1. The van der Waals surface area contributed by atoms with Crippen LogP contribution >= 0.6 is 0 Å². The molecule has 0 aliphatic rings. The molecule has 92 valence electrons. The number of nitrogens with one attached hydrogen (secondary N) is 1. The maximum absolute atomic E-state index is 12.1. The summed E-state index contributed by atoms with van der Waals surface area (Å²) in [6.45, 7) is 0. The third-order valence-corrected chi connectivity index (χ3v) is 2.82. The number of aromatic nitrogens is 3. The maximum atomic E-state index is 12.1. The Labute approximate surface area is 109 Å². The molecule has 4 heteroatoms. The van der Waals surface area contributed by atoms with E-state index in [4.69, 9.17) is 0 Å². The van der Waals surface area contributed by atoms with Gasteiger partial charge in [0, 0.05) is 24.2 Å². The van der Waals surface area contributed by atoms with Gasteiger partial charge in [-0.25, -0.2) is 4.98 Å². The van der Waals surface area contributed by atoms with E-state index in [0.29, 0.717) is 11.4 Å².